The number of nitrogens with one attached hydrogen (secondary N) is 1. The Balaban J connectivity index is 1.90. The van der Waals surface area contributed by atoms with Crippen molar-refractivity contribution in [3.63, 3.8) is 0 Å². The Morgan fingerprint density at radius 1 is 1.47 bits per heavy atom. The number of rotatable bonds is 1. The molecule has 2 atom stereocenters. The monoisotopic (exact) mass is 227 g/mol. The first-order chi connectivity index (χ1) is 8.21. The molecule has 0 spiro atoms. The maximum atomic E-state index is 4.63. The Kier molecular flexibility index (Phi) is 1.65. The van der Waals surface area contributed by atoms with E-state index in [4.69, 9.17) is 0 Å². The first-order valence-corrected chi connectivity index (χ1v) is 6.33. The number of likely N-dealkylation sites (N-methyl/N-ethyl adjacent to an activating group) is 1. The van der Waals surface area contributed by atoms with Crippen LogP contribution in [-0.4, -0.2) is 35.2 Å². The third-order valence-electron chi connectivity index (χ3n) is 4.60. The van der Waals surface area contributed by atoms with Crippen LogP contribution in [-0.2, 0) is 5.41 Å². The van der Waals surface area contributed by atoms with E-state index in [0.29, 0.717) is 5.41 Å². The summed E-state index contributed by atoms with van der Waals surface area (Å²) in [7, 11) is 2.22. The lowest BCUT2D eigenvalue weighted by atomic mass is 9.97. The molecule has 2 fully saturated rings. The fourth-order valence-electron chi connectivity index (χ4n) is 3.67. The summed E-state index contributed by atoms with van der Waals surface area (Å²) in [5.41, 5.74) is 4.18. The zero-order valence-corrected chi connectivity index (χ0v) is 10.3. The van der Waals surface area contributed by atoms with Crippen molar-refractivity contribution < 1.29 is 0 Å². The largest absolute Gasteiger partial charge is 0.305 e. The van der Waals surface area contributed by atoms with Gasteiger partial charge in [-0.1, -0.05) is 18.2 Å². The topological polar surface area (TPSA) is 31.9 Å². The molecule has 2 heterocycles. The second-order valence-corrected chi connectivity index (χ2v) is 5.82. The molecule has 4 rings (SSSR count). The third-order valence-corrected chi connectivity index (χ3v) is 4.60. The molecule has 1 aromatic carbocycles. The molecule has 1 saturated heterocycles. The highest BCUT2D eigenvalue weighted by Gasteiger charge is 2.61. The number of fused-ring (bicyclic) bond motifs is 2. The molecule has 1 aromatic heterocycles. The highest BCUT2D eigenvalue weighted by molar-refractivity contribution is 5.85. The predicted molar refractivity (Wildman–Crippen MR) is 68.1 cm³/mol. The summed E-state index contributed by atoms with van der Waals surface area (Å²) < 4.78 is 0. The number of likely N-dealkylation sites (tertiary alicyclic amines) is 1. The summed E-state index contributed by atoms with van der Waals surface area (Å²) in [6, 6.07) is 6.50. The van der Waals surface area contributed by atoms with Crippen LogP contribution in [0.15, 0.2) is 18.2 Å². The van der Waals surface area contributed by atoms with Crippen LogP contribution >= 0.6 is 0 Å². The SMILES string of the molecule is Cc1cccc2c(C34C[C@@H]3CN(C)C4)n[nH]c12. The van der Waals surface area contributed by atoms with Crippen molar-refractivity contribution in [1.82, 2.24) is 15.1 Å². The van der Waals surface area contributed by atoms with Crippen molar-refractivity contribution in [3.05, 3.63) is 29.5 Å². The van der Waals surface area contributed by atoms with E-state index in [1.54, 1.807) is 0 Å². The lowest BCUT2D eigenvalue weighted by molar-refractivity contribution is 0.362. The zero-order valence-electron chi connectivity index (χ0n) is 10.3. The minimum Gasteiger partial charge on any atom is -0.305 e. The number of nitrogens with zero attached hydrogens (tertiary/aromatic N) is 2. The van der Waals surface area contributed by atoms with Gasteiger partial charge in [-0.05, 0) is 31.9 Å². The number of H-pyrrole nitrogens is 1. The Labute approximate surface area is 101 Å². The highest BCUT2D eigenvalue weighted by atomic mass is 15.2. The number of aromatic amines is 1. The van der Waals surface area contributed by atoms with Crippen LogP contribution in [0.5, 0.6) is 0 Å². The maximum Gasteiger partial charge on any atom is 0.0778 e. The van der Waals surface area contributed by atoms with Gasteiger partial charge in [0.2, 0.25) is 0 Å². The fourth-order valence-corrected chi connectivity index (χ4v) is 3.67. The molecule has 1 aliphatic carbocycles. The molecule has 2 aliphatic rings. The van der Waals surface area contributed by atoms with E-state index >= 15 is 0 Å². The molecule has 1 aliphatic heterocycles. The van der Waals surface area contributed by atoms with E-state index in [-0.39, 0.29) is 0 Å². The van der Waals surface area contributed by atoms with Gasteiger partial charge in [0, 0.05) is 23.9 Å². The summed E-state index contributed by atoms with van der Waals surface area (Å²) in [5, 5.41) is 9.20. The van der Waals surface area contributed by atoms with Crippen LogP contribution in [0.1, 0.15) is 17.7 Å². The van der Waals surface area contributed by atoms with Crippen LogP contribution in [0.2, 0.25) is 0 Å². The van der Waals surface area contributed by atoms with E-state index in [1.807, 2.05) is 0 Å². The molecule has 3 heteroatoms. The first kappa shape index (κ1) is 9.66. The van der Waals surface area contributed by atoms with Crippen molar-refractivity contribution in [3.8, 4) is 0 Å². The number of para-hydroxylation sites is 1. The normalized spacial score (nSPS) is 32.0. The molecule has 17 heavy (non-hydrogen) atoms. The van der Waals surface area contributed by atoms with E-state index in [0.717, 1.165) is 5.92 Å². The van der Waals surface area contributed by atoms with Crippen LogP contribution < -0.4 is 0 Å². The van der Waals surface area contributed by atoms with Crippen molar-refractivity contribution >= 4 is 10.9 Å². The summed E-state index contributed by atoms with van der Waals surface area (Å²) in [4.78, 5) is 2.43. The minimum absolute atomic E-state index is 0.362. The molecule has 0 amide bonds. The van der Waals surface area contributed by atoms with Gasteiger partial charge < -0.3 is 4.90 Å². The molecular formula is C14H17N3. The summed E-state index contributed by atoms with van der Waals surface area (Å²) in [6.45, 7) is 4.55. The number of piperidine rings is 1. The summed E-state index contributed by atoms with van der Waals surface area (Å²) in [5.74, 6) is 0.833. The predicted octanol–water partition coefficient (Wildman–Crippen LogP) is 2.07. The number of benzene rings is 1. The second kappa shape index (κ2) is 2.91. The van der Waals surface area contributed by atoms with E-state index in [2.05, 4.69) is 47.3 Å². The van der Waals surface area contributed by atoms with Crippen molar-refractivity contribution in [1.29, 1.82) is 0 Å². The van der Waals surface area contributed by atoms with Gasteiger partial charge in [-0.15, -0.1) is 0 Å². The van der Waals surface area contributed by atoms with Gasteiger partial charge in [-0.2, -0.15) is 5.10 Å². The average Bonchev–Trinajstić information content (AvgIpc) is 2.72. The van der Waals surface area contributed by atoms with Gasteiger partial charge >= 0.3 is 0 Å². The van der Waals surface area contributed by atoms with Crippen LogP contribution in [0.4, 0.5) is 0 Å². The van der Waals surface area contributed by atoms with E-state index < -0.39 is 0 Å². The third kappa shape index (κ3) is 1.12. The first-order valence-electron chi connectivity index (χ1n) is 6.33. The van der Waals surface area contributed by atoms with Crippen LogP contribution in [0.25, 0.3) is 10.9 Å². The molecule has 1 saturated carbocycles. The standard InChI is InChI=1S/C14H17N3/c1-9-4-3-5-11-12(9)15-16-13(11)14-6-10(14)7-17(2)8-14/h3-5,10H,6-8H2,1-2H3,(H,15,16)/t10-,14?/m1/s1. The Hall–Kier alpha value is -1.35. The molecule has 0 bridgehead atoms. The van der Waals surface area contributed by atoms with Crippen molar-refractivity contribution in [2.75, 3.05) is 20.1 Å². The fraction of sp³-hybridized carbons (Fsp3) is 0.500. The number of hydrogen-bond donors (Lipinski definition) is 1. The molecular weight excluding hydrogens is 210 g/mol. The number of aryl methyl sites for hydroxylation is 1. The van der Waals surface area contributed by atoms with Crippen molar-refractivity contribution in [2.24, 2.45) is 5.92 Å². The number of aromatic nitrogens is 2. The van der Waals surface area contributed by atoms with Gasteiger partial charge in [0.25, 0.3) is 0 Å². The highest BCUT2D eigenvalue weighted by Crippen LogP contribution is 2.59. The Morgan fingerprint density at radius 3 is 3.12 bits per heavy atom. The lowest BCUT2D eigenvalue weighted by Crippen LogP contribution is -2.22. The van der Waals surface area contributed by atoms with Gasteiger partial charge in [-0.3, -0.25) is 5.10 Å². The molecule has 1 unspecified atom stereocenters. The quantitative estimate of drug-likeness (QED) is 0.809. The Bertz CT molecular complexity index is 601. The van der Waals surface area contributed by atoms with Crippen LogP contribution in [0.3, 0.4) is 0 Å². The van der Waals surface area contributed by atoms with Gasteiger partial charge in [0.1, 0.15) is 0 Å². The second-order valence-electron chi connectivity index (χ2n) is 5.82. The average molecular weight is 227 g/mol. The lowest BCUT2D eigenvalue weighted by Gasteiger charge is -2.14. The minimum atomic E-state index is 0.362. The molecule has 1 N–H and O–H groups in total. The van der Waals surface area contributed by atoms with E-state index in [9.17, 15) is 0 Å². The van der Waals surface area contributed by atoms with Crippen LogP contribution in [0, 0.1) is 12.8 Å². The van der Waals surface area contributed by atoms with Gasteiger partial charge in [0.15, 0.2) is 0 Å². The molecule has 3 nitrogen and oxygen atoms in total. The molecule has 0 radical (unpaired) electrons. The Morgan fingerprint density at radius 2 is 2.35 bits per heavy atom. The van der Waals surface area contributed by atoms with Gasteiger partial charge in [0.05, 0.1) is 11.2 Å². The van der Waals surface area contributed by atoms with Gasteiger partial charge in [-0.25, -0.2) is 0 Å². The zero-order chi connectivity index (χ0) is 11.6. The molecule has 88 valence electrons. The van der Waals surface area contributed by atoms with Crippen molar-refractivity contribution in [2.45, 2.75) is 18.8 Å². The smallest absolute Gasteiger partial charge is 0.0778 e. The molecule has 2 aromatic rings. The maximum absolute atomic E-state index is 4.63. The van der Waals surface area contributed by atoms with E-state index in [1.165, 1.54) is 41.7 Å². The summed E-state index contributed by atoms with van der Waals surface area (Å²) in [6.07, 6.45) is 1.32. The number of hydrogen-bond acceptors (Lipinski definition) is 2. The summed E-state index contributed by atoms with van der Waals surface area (Å²) >= 11 is 0.